The average Bonchev–Trinajstić information content (AvgIpc) is 3.57. The molecule has 2 aliphatic heterocycles. The SMILES string of the molecule is Cc1c(-c2nc3cc(CN4CC(C)(O)C4)cc(C#N)c3o2)cccc1-c1cccc(NC(=O)c2nc3c(n2C)CCN(C)C3)c1Cl. The van der Waals surface area contributed by atoms with Crippen LogP contribution in [0.25, 0.3) is 33.7 Å². The largest absolute Gasteiger partial charge is 0.435 e. The van der Waals surface area contributed by atoms with Crippen molar-refractivity contribution in [3.8, 4) is 28.7 Å². The highest BCUT2D eigenvalue weighted by molar-refractivity contribution is 6.36. The number of β-amino-alcohol motifs (C(OH)–C–C–N with tert-alkyl or cyclic N) is 1. The predicted molar refractivity (Wildman–Crippen MR) is 176 cm³/mol. The Bertz CT molecular complexity index is 2060. The van der Waals surface area contributed by atoms with Crippen molar-refractivity contribution in [1.82, 2.24) is 24.3 Å². The number of aliphatic hydroxyl groups is 1. The third-order valence-electron chi connectivity index (χ3n) is 8.96. The third kappa shape index (κ3) is 5.35. The molecule has 1 saturated heterocycles. The normalized spacial score (nSPS) is 16.2. The van der Waals surface area contributed by atoms with Gasteiger partial charge in [-0.15, -0.1) is 0 Å². The second-order valence-electron chi connectivity index (χ2n) is 12.7. The zero-order valence-corrected chi connectivity index (χ0v) is 26.9. The Balaban J connectivity index is 1.18. The number of carbonyl (C=O) groups excluding carboxylic acids is 1. The molecule has 0 atom stereocenters. The molecular weight excluding hydrogens is 602 g/mol. The van der Waals surface area contributed by atoms with Crippen LogP contribution in [0.15, 0.2) is 52.9 Å². The second kappa shape index (κ2) is 11.4. The van der Waals surface area contributed by atoms with E-state index in [1.807, 2.05) is 75.0 Å². The van der Waals surface area contributed by atoms with Gasteiger partial charge >= 0.3 is 0 Å². The van der Waals surface area contributed by atoms with Crippen LogP contribution >= 0.6 is 11.6 Å². The number of anilines is 1. The van der Waals surface area contributed by atoms with Gasteiger partial charge in [0, 0.05) is 63.0 Å². The van der Waals surface area contributed by atoms with Gasteiger partial charge in [0.05, 0.1) is 27.6 Å². The number of amides is 1. The summed E-state index contributed by atoms with van der Waals surface area (Å²) in [7, 11) is 3.93. The molecule has 0 saturated carbocycles. The van der Waals surface area contributed by atoms with E-state index in [9.17, 15) is 15.2 Å². The molecule has 0 unspecified atom stereocenters. The van der Waals surface area contributed by atoms with E-state index in [1.54, 1.807) is 6.07 Å². The van der Waals surface area contributed by atoms with Gasteiger partial charge < -0.3 is 24.3 Å². The van der Waals surface area contributed by atoms with Crippen LogP contribution in [-0.2, 0) is 26.6 Å². The summed E-state index contributed by atoms with van der Waals surface area (Å²) in [6, 6.07) is 17.4. The predicted octanol–water partition coefficient (Wildman–Crippen LogP) is 5.54. The first-order chi connectivity index (χ1) is 22.0. The van der Waals surface area contributed by atoms with Crippen LogP contribution in [0.4, 0.5) is 5.69 Å². The molecule has 2 aromatic heterocycles. The zero-order valence-electron chi connectivity index (χ0n) is 26.2. The van der Waals surface area contributed by atoms with Gasteiger partial charge in [-0.05, 0) is 61.9 Å². The number of likely N-dealkylation sites (N-methyl/N-ethyl adjacent to an activating group) is 1. The van der Waals surface area contributed by atoms with Crippen molar-refractivity contribution in [2.45, 2.75) is 39.0 Å². The zero-order chi connectivity index (χ0) is 32.3. The van der Waals surface area contributed by atoms with E-state index in [-0.39, 0.29) is 5.91 Å². The molecule has 11 heteroatoms. The molecule has 10 nitrogen and oxygen atoms in total. The van der Waals surface area contributed by atoms with E-state index >= 15 is 0 Å². The fraction of sp³-hybridized carbons (Fsp3) is 0.314. The molecule has 1 amide bonds. The molecule has 7 rings (SSSR count). The molecule has 2 N–H and O–H groups in total. The van der Waals surface area contributed by atoms with Crippen molar-refractivity contribution < 1.29 is 14.3 Å². The van der Waals surface area contributed by atoms with Crippen molar-refractivity contribution in [2.24, 2.45) is 7.05 Å². The molecule has 3 aromatic carbocycles. The minimum atomic E-state index is -0.671. The Labute approximate surface area is 271 Å². The topological polar surface area (TPSA) is 123 Å². The standard InChI is InChI=1S/C35H34ClN7O3/c1-20-23(25-9-6-10-26(30(25)36)39-33(44)32-38-28-17-41(3)12-11-29(28)42(32)4)7-5-8-24(20)34-40-27-14-21(13-22(15-37)31(27)46-34)16-43-18-35(2,45)19-43/h5-10,13-14,45H,11-12,16-19H2,1-4H3,(H,39,44). The third-order valence-corrected chi connectivity index (χ3v) is 9.36. The van der Waals surface area contributed by atoms with Gasteiger partial charge in [-0.2, -0.15) is 5.26 Å². The van der Waals surface area contributed by atoms with Crippen LogP contribution < -0.4 is 5.32 Å². The highest BCUT2D eigenvalue weighted by atomic mass is 35.5. The Morgan fingerprint density at radius 3 is 2.63 bits per heavy atom. The van der Waals surface area contributed by atoms with Crippen molar-refractivity contribution in [3.63, 3.8) is 0 Å². The first kappa shape index (κ1) is 30.1. The van der Waals surface area contributed by atoms with E-state index < -0.39 is 5.60 Å². The van der Waals surface area contributed by atoms with Crippen molar-refractivity contribution in [2.75, 3.05) is 32.0 Å². The molecule has 0 spiro atoms. The maximum absolute atomic E-state index is 13.4. The molecular formula is C35H34ClN7O3. The smallest absolute Gasteiger partial charge is 0.291 e. The van der Waals surface area contributed by atoms with Crippen molar-refractivity contribution in [3.05, 3.63) is 87.5 Å². The quantitative estimate of drug-likeness (QED) is 0.249. The lowest BCUT2D eigenvalue weighted by Gasteiger charge is -2.44. The summed E-state index contributed by atoms with van der Waals surface area (Å²) in [5.74, 6) is 0.440. The number of nitrogens with zero attached hydrogens (tertiary/aromatic N) is 6. The fourth-order valence-electron chi connectivity index (χ4n) is 6.70. The molecule has 2 aliphatic rings. The van der Waals surface area contributed by atoms with Crippen LogP contribution in [0.1, 0.15) is 45.6 Å². The number of halogens is 1. The van der Waals surface area contributed by atoms with E-state index in [4.69, 9.17) is 21.0 Å². The summed E-state index contributed by atoms with van der Waals surface area (Å²) in [5.41, 5.74) is 7.50. The van der Waals surface area contributed by atoms with Crippen molar-refractivity contribution >= 4 is 34.3 Å². The molecule has 0 radical (unpaired) electrons. The molecule has 46 heavy (non-hydrogen) atoms. The molecule has 0 aliphatic carbocycles. The minimum absolute atomic E-state index is 0.317. The highest BCUT2D eigenvalue weighted by Gasteiger charge is 2.36. The Morgan fingerprint density at radius 1 is 1.13 bits per heavy atom. The number of benzene rings is 3. The second-order valence-corrected chi connectivity index (χ2v) is 13.1. The van der Waals surface area contributed by atoms with Crippen LogP contribution in [-0.4, -0.2) is 67.6 Å². The Morgan fingerprint density at radius 2 is 1.87 bits per heavy atom. The molecule has 5 aromatic rings. The first-order valence-corrected chi connectivity index (χ1v) is 15.6. The van der Waals surface area contributed by atoms with Crippen LogP contribution in [0.5, 0.6) is 0 Å². The maximum Gasteiger partial charge on any atom is 0.291 e. The van der Waals surface area contributed by atoms with Gasteiger partial charge in [0.15, 0.2) is 11.4 Å². The lowest BCUT2D eigenvalue weighted by atomic mass is 9.96. The van der Waals surface area contributed by atoms with Crippen LogP contribution in [0.2, 0.25) is 5.02 Å². The number of oxazole rings is 1. The summed E-state index contributed by atoms with van der Waals surface area (Å²) in [6.07, 6.45) is 0.844. The van der Waals surface area contributed by atoms with Gasteiger partial charge in [-0.1, -0.05) is 35.9 Å². The molecule has 1 fully saturated rings. The van der Waals surface area contributed by atoms with Gasteiger partial charge in [-0.3, -0.25) is 9.69 Å². The van der Waals surface area contributed by atoms with Crippen LogP contribution in [0.3, 0.4) is 0 Å². The number of nitriles is 1. The number of rotatable bonds is 6. The van der Waals surface area contributed by atoms with Crippen LogP contribution in [0, 0.1) is 18.3 Å². The van der Waals surface area contributed by atoms with E-state index in [0.29, 0.717) is 65.3 Å². The molecule has 0 bridgehead atoms. The monoisotopic (exact) mass is 635 g/mol. The summed E-state index contributed by atoms with van der Waals surface area (Å²) >= 11 is 6.96. The Hall–Kier alpha value is -4.53. The molecule has 4 heterocycles. The maximum atomic E-state index is 13.4. The number of fused-ring (bicyclic) bond motifs is 2. The lowest BCUT2D eigenvalue weighted by molar-refractivity contribution is -0.0871. The van der Waals surface area contributed by atoms with Gasteiger partial charge in [0.25, 0.3) is 5.91 Å². The average molecular weight is 636 g/mol. The number of hydrogen-bond acceptors (Lipinski definition) is 8. The number of likely N-dealkylation sites (tertiary alicyclic amines) is 1. The summed E-state index contributed by atoms with van der Waals surface area (Å²) in [5, 5.41) is 23.4. The highest BCUT2D eigenvalue weighted by Crippen LogP contribution is 2.39. The van der Waals surface area contributed by atoms with Gasteiger partial charge in [0.2, 0.25) is 5.89 Å². The van der Waals surface area contributed by atoms with E-state index in [1.165, 1.54) is 0 Å². The minimum Gasteiger partial charge on any atom is -0.435 e. The number of nitrogens with one attached hydrogen (secondary N) is 1. The summed E-state index contributed by atoms with van der Waals surface area (Å²) < 4.78 is 8.07. The fourth-order valence-corrected chi connectivity index (χ4v) is 6.98. The number of imidazole rings is 1. The number of hydrogen-bond donors (Lipinski definition) is 2. The Kier molecular flexibility index (Phi) is 7.45. The van der Waals surface area contributed by atoms with Gasteiger partial charge in [0.1, 0.15) is 11.6 Å². The first-order valence-electron chi connectivity index (χ1n) is 15.2. The number of aromatic nitrogens is 3. The summed E-state index contributed by atoms with van der Waals surface area (Å²) in [4.78, 5) is 27.1. The van der Waals surface area contributed by atoms with Gasteiger partial charge in [-0.25, -0.2) is 9.97 Å². The summed E-state index contributed by atoms with van der Waals surface area (Å²) in [6.45, 7) is 7.21. The molecule has 234 valence electrons. The lowest BCUT2D eigenvalue weighted by Crippen LogP contribution is -2.59. The van der Waals surface area contributed by atoms with E-state index in [0.717, 1.165) is 52.2 Å². The van der Waals surface area contributed by atoms with E-state index in [2.05, 4.69) is 26.2 Å². The number of carbonyl (C=O) groups is 1. The van der Waals surface area contributed by atoms with Crippen molar-refractivity contribution in [1.29, 1.82) is 5.26 Å².